The van der Waals surface area contributed by atoms with Gasteiger partial charge in [-0.05, 0) is 35.7 Å². The van der Waals surface area contributed by atoms with Crippen molar-refractivity contribution in [3.05, 3.63) is 46.4 Å². The van der Waals surface area contributed by atoms with E-state index in [1.165, 1.54) is 101 Å². The Hall–Kier alpha value is -2.18. The van der Waals surface area contributed by atoms with Gasteiger partial charge in [-0.15, -0.1) is 20.4 Å². The third-order valence-corrected chi connectivity index (χ3v) is 9.32. The first-order valence-corrected chi connectivity index (χ1v) is 16.6. The lowest BCUT2D eigenvalue weighted by atomic mass is 10.0. The van der Waals surface area contributed by atoms with Crippen LogP contribution in [0.2, 0.25) is 0 Å². The molecule has 4 rings (SSSR count). The van der Waals surface area contributed by atoms with Crippen LogP contribution in [0.25, 0.3) is 31.9 Å². The number of nitrogens with zero attached hydrogens (tertiary/aromatic N) is 4. The van der Waals surface area contributed by atoms with E-state index in [0.29, 0.717) is 0 Å². The highest BCUT2D eigenvalue weighted by Crippen LogP contribution is 2.31. The Morgan fingerprint density at radius 2 is 0.895 bits per heavy atom. The average molecular weight is 549 g/mol. The van der Waals surface area contributed by atoms with Gasteiger partial charge in [-0.25, -0.2) is 0 Å². The van der Waals surface area contributed by atoms with Crippen molar-refractivity contribution in [3.63, 3.8) is 0 Å². The SMILES string of the molecule is CCCCCCCCCc1nnc(-c2ccc3ccc(-c4nnc(CCCCCCCCC)s4)cc3c2)s1. The summed E-state index contributed by atoms with van der Waals surface area (Å²) in [7, 11) is 0. The molecule has 0 radical (unpaired) electrons. The maximum atomic E-state index is 4.52. The number of hydrogen-bond acceptors (Lipinski definition) is 6. The summed E-state index contributed by atoms with van der Waals surface area (Å²) in [5.74, 6) is 0. The second-order valence-corrected chi connectivity index (χ2v) is 12.6. The lowest BCUT2D eigenvalue weighted by molar-refractivity contribution is 0.588. The van der Waals surface area contributed by atoms with Gasteiger partial charge in [0, 0.05) is 24.0 Å². The highest BCUT2D eigenvalue weighted by atomic mass is 32.1. The first kappa shape index (κ1) is 28.8. The van der Waals surface area contributed by atoms with Crippen LogP contribution in [0, 0.1) is 0 Å². The molecule has 0 saturated heterocycles. The normalized spacial score (nSPS) is 11.5. The van der Waals surface area contributed by atoms with Gasteiger partial charge < -0.3 is 0 Å². The van der Waals surface area contributed by atoms with E-state index in [2.05, 4.69) is 70.6 Å². The zero-order valence-electron chi connectivity index (χ0n) is 23.4. The molecule has 0 bridgehead atoms. The fourth-order valence-electron chi connectivity index (χ4n) is 4.92. The third-order valence-electron chi connectivity index (χ3n) is 7.26. The van der Waals surface area contributed by atoms with E-state index in [4.69, 9.17) is 0 Å². The second-order valence-electron chi connectivity index (χ2n) is 10.5. The van der Waals surface area contributed by atoms with Crippen molar-refractivity contribution >= 4 is 33.4 Å². The molecule has 0 aliphatic carbocycles. The van der Waals surface area contributed by atoms with E-state index in [9.17, 15) is 0 Å². The van der Waals surface area contributed by atoms with Crippen LogP contribution in [-0.2, 0) is 12.8 Å². The van der Waals surface area contributed by atoms with E-state index in [1.807, 2.05) is 0 Å². The number of benzene rings is 2. The second kappa shape index (κ2) is 16.0. The zero-order chi connectivity index (χ0) is 26.4. The van der Waals surface area contributed by atoms with Crippen LogP contribution in [0.3, 0.4) is 0 Å². The number of fused-ring (bicyclic) bond motifs is 1. The Morgan fingerprint density at radius 3 is 1.34 bits per heavy atom. The van der Waals surface area contributed by atoms with Crippen LogP contribution >= 0.6 is 22.7 Å². The van der Waals surface area contributed by atoms with E-state index >= 15 is 0 Å². The summed E-state index contributed by atoms with van der Waals surface area (Å²) in [6.45, 7) is 4.54. The molecule has 2 aromatic carbocycles. The van der Waals surface area contributed by atoms with Crippen molar-refractivity contribution in [1.82, 2.24) is 20.4 Å². The third kappa shape index (κ3) is 8.94. The summed E-state index contributed by atoms with van der Waals surface area (Å²) in [6.07, 6.45) is 20.6. The number of hydrogen-bond donors (Lipinski definition) is 0. The minimum Gasteiger partial charge on any atom is -0.143 e. The molecule has 6 heteroatoms. The number of aromatic nitrogens is 4. The molecule has 4 nitrogen and oxygen atoms in total. The minimum atomic E-state index is 1.02. The van der Waals surface area contributed by atoms with Crippen molar-refractivity contribution in [1.29, 1.82) is 0 Å². The minimum absolute atomic E-state index is 1.02. The molecular formula is C32H44N4S2. The maximum Gasteiger partial charge on any atom is 0.147 e. The van der Waals surface area contributed by atoms with Crippen LogP contribution in [0.4, 0.5) is 0 Å². The van der Waals surface area contributed by atoms with Gasteiger partial charge in [-0.2, -0.15) is 0 Å². The molecule has 38 heavy (non-hydrogen) atoms. The van der Waals surface area contributed by atoms with Crippen molar-refractivity contribution in [3.8, 4) is 21.1 Å². The van der Waals surface area contributed by atoms with Gasteiger partial charge >= 0.3 is 0 Å². The number of unbranched alkanes of at least 4 members (excludes halogenated alkanes) is 12. The molecule has 0 aliphatic heterocycles. The van der Waals surface area contributed by atoms with Crippen molar-refractivity contribution < 1.29 is 0 Å². The summed E-state index contributed by atoms with van der Waals surface area (Å²) in [6, 6.07) is 13.2. The van der Waals surface area contributed by atoms with Gasteiger partial charge in [-0.1, -0.05) is 138 Å². The van der Waals surface area contributed by atoms with Crippen molar-refractivity contribution in [2.24, 2.45) is 0 Å². The highest BCUT2D eigenvalue weighted by molar-refractivity contribution is 7.15. The molecular weight excluding hydrogens is 505 g/mol. The van der Waals surface area contributed by atoms with Crippen LogP contribution in [-0.4, -0.2) is 20.4 Å². The number of aryl methyl sites for hydroxylation is 2. The molecule has 0 aliphatic rings. The van der Waals surface area contributed by atoms with E-state index in [1.54, 1.807) is 22.7 Å². The van der Waals surface area contributed by atoms with Gasteiger partial charge in [0.25, 0.3) is 0 Å². The molecule has 0 atom stereocenters. The predicted molar refractivity (Wildman–Crippen MR) is 165 cm³/mol. The molecule has 204 valence electrons. The topological polar surface area (TPSA) is 51.6 Å². The lowest BCUT2D eigenvalue weighted by Crippen LogP contribution is -1.85. The fraction of sp³-hybridized carbons (Fsp3) is 0.562. The van der Waals surface area contributed by atoms with E-state index < -0.39 is 0 Å². The maximum absolute atomic E-state index is 4.52. The lowest BCUT2D eigenvalue weighted by Gasteiger charge is -2.03. The van der Waals surface area contributed by atoms with Crippen molar-refractivity contribution in [2.75, 3.05) is 0 Å². The summed E-state index contributed by atoms with van der Waals surface area (Å²) in [5.41, 5.74) is 2.30. The van der Waals surface area contributed by atoms with E-state index in [0.717, 1.165) is 44.0 Å². The van der Waals surface area contributed by atoms with Gasteiger partial charge in [0.1, 0.15) is 20.0 Å². The smallest absolute Gasteiger partial charge is 0.143 e. The first-order chi connectivity index (χ1) is 18.8. The standard InChI is InChI=1S/C32H44N4S2/c1-3-5-7-9-11-13-15-17-29-33-35-31(37-29)26-21-19-25-20-22-27(24-28(25)23-26)32-36-34-30(38-32)18-16-14-12-10-8-6-4-2/h19-24H,3-18H2,1-2H3. The van der Waals surface area contributed by atoms with Crippen LogP contribution < -0.4 is 0 Å². The highest BCUT2D eigenvalue weighted by Gasteiger charge is 2.11. The Morgan fingerprint density at radius 1 is 0.474 bits per heavy atom. The predicted octanol–water partition coefficient (Wildman–Crippen LogP) is 10.5. The summed E-state index contributed by atoms with van der Waals surface area (Å²) < 4.78 is 0. The fourth-order valence-corrected chi connectivity index (χ4v) is 6.68. The summed E-state index contributed by atoms with van der Waals surface area (Å²) in [5, 5.41) is 24.8. The Kier molecular flexibility index (Phi) is 12.2. The van der Waals surface area contributed by atoms with Gasteiger partial charge in [-0.3, -0.25) is 0 Å². The summed E-state index contributed by atoms with van der Waals surface area (Å²) >= 11 is 3.48. The average Bonchev–Trinajstić information content (AvgIpc) is 3.62. The molecule has 0 spiro atoms. The van der Waals surface area contributed by atoms with Crippen LogP contribution in [0.15, 0.2) is 36.4 Å². The molecule has 0 amide bonds. The van der Waals surface area contributed by atoms with Gasteiger partial charge in [0.05, 0.1) is 0 Å². The number of rotatable bonds is 18. The summed E-state index contributed by atoms with van der Waals surface area (Å²) in [4.78, 5) is 0. The Labute approximate surface area is 237 Å². The van der Waals surface area contributed by atoms with E-state index in [-0.39, 0.29) is 0 Å². The molecule has 0 unspecified atom stereocenters. The molecule has 4 aromatic rings. The first-order valence-electron chi connectivity index (χ1n) is 15.0. The van der Waals surface area contributed by atoms with Gasteiger partial charge in [0.15, 0.2) is 0 Å². The molecule has 0 saturated carbocycles. The van der Waals surface area contributed by atoms with Gasteiger partial charge in [0.2, 0.25) is 0 Å². The largest absolute Gasteiger partial charge is 0.147 e. The van der Waals surface area contributed by atoms with Crippen molar-refractivity contribution in [2.45, 2.75) is 117 Å². The van der Waals surface area contributed by atoms with Crippen LogP contribution in [0.5, 0.6) is 0 Å². The molecule has 2 aromatic heterocycles. The quantitative estimate of drug-likeness (QED) is 0.116. The monoisotopic (exact) mass is 548 g/mol. The van der Waals surface area contributed by atoms with Crippen LogP contribution in [0.1, 0.15) is 114 Å². The Balaban J connectivity index is 1.31. The molecule has 0 fully saturated rings. The molecule has 2 heterocycles. The zero-order valence-corrected chi connectivity index (χ0v) is 25.0. The Bertz CT molecular complexity index is 1140. The molecule has 0 N–H and O–H groups in total.